The molecule has 1 heteroatoms. The van der Waals surface area contributed by atoms with Gasteiger partial charge in [0.15, 0.2) is 0 Å². The monoisotopic (exact) mass is 264 g/mol. The lowest BCUT2D eigenvalue weighted by molar-refractivity contribution is -0.0979. The number of carbonyl (C=O) groups is 1. The molecular formula is C18H32O. The summed E-state index contributed by atoms with van der Waals surface area (Å²) in [6, 6.07) is 0. The van der Waals surface area contributed by atoms with E-state index in [1.54, 1.807) is 16.7 Å². The highest BCUT2D eigenvalue weighted by molar-refractivity contribution is 5.42. The van der Waals surface area contributed by atoms with Gasteiger partial charge in [-0.3, -0.25) is 0 Å². The lowest BCUT2D eigenvalue weighted by Crippen LogP contribution is -1.98. The van der Waals surface area contributed by atoms with Crippen LogP contribution in [0.1, 0.15) is 56.3 Å². The first-order chi connectivity index (χ1) is 8.82. The maximum atomic E-state index is 8.00. The highest BCUT2D eigenvalue weighted by atomic mass is 16.1. The normalized spacial score (nSPS) is 16.1. The molecule has 0 unspecified atom stereocenters. The summed E-state index contributed by atoms with van der Waals surface area (Å²) in [5.74, 6) is 1.89. The molecule has 1 aliphatic rings. The molecule has 0 aromatic rings. The van der Waals surface area contributed by atoms with Crippen molar-refractivity contribution >= 4 is 6.79 Å². The summed E-state index contributed by atoms with van der Waals surface area (Å²) in [5, 5.41) is 0. The van der Waals surface area contributed by atoms with Crippen LogP contribution in [0, 0.1) is 17.8 Å². The minimum Gasteiger partial charge on any atom is -0.307 e. The van der Waals surface area contributed by atoms with E-state index in [2.05, 4.69) is 60.6 Å². The fraction of sp³-hybridized carbons (Fsp3) is 0.611. The van der Waals surface area contributed by atoms with Crippen LogP contribution in [-0.2, 0) is 4.79 Å². The van der Waals surface area contributed by atoms with E-state index in [1.807, 2.05) is 6.79 Å². The van der Waals surface area contributed by atoms with E-state index in [0.717, 1.165) is 6.42 Å². The molecule has 0 spiro atoms. The van der Waals surface area contributed by atoms with Gasteiger partial charge in [0.05, 0.1) is 0 Å². The Labute approximate surface area is 121 Å². The average Bonchev–Trinajstić information content (AvgIpc) is 2.51. The second-order valence-electron chi connectivity index (χ2n) is 6.24. The van der Waals surface area contributed by atoms with Gasteiger partial charge in [-0.15, -0.1) is 0 Å². The molecule has 0 N–H and O–H groups in total. The predicted molar refractivity (Wildman–Crippen MR) is 87.2 cm³/mol. The van der Waals surface area contributed by atoms with Crippen molar-refractivity contribution in [1.82, 2.24) is 0 Å². The summed E-state index contributed by atoms with van der Waals surface area (Å²) in [7, 11) is 0. The lowest BCUT2D eigenvalue weighted by atomic mass is 9.92. The second-order valence-corrected chi connectivity index (χ2v) is 6.24. The quantitative estimate of drug-likeness (QED) is 0.649. The minimum atomic E-state index is 0. The molecular weight excluding hydrogens is 232 g/mol. The summed E-state index contributed by atoms with van der Waals surface area (Å²) in [6.07, 6.45) is 6.02. The zero-order valence-corrected chi connectivity index (χ0v) is 13.7. The van der Waals surface area contributed by atoms with Crippen LogP contribution >= 0.6 is 0 Å². The summed E-state index contributed by atoms with van der Waals surface area (Å²) >= 11 is 0. The first kappa shape index (κ1) is 17.9. The van der Waals surface area contributed by atoms with Crippen molar-refractivity contribution in [3.05, 3.63) is 34.4 Å². The molecule has 0 radical (unpaired) electrons. The van der Waals surface area contributed by atoms with Gasteiger partial charge in [0.1, 0.15) is 6.79 Å². The molecule has 0 aromatic heterocycles. The molecule has 0 fully saturated rings. The standard InChI is InChI=1S/C17H28.CH2O.H2/c1-11(2)15-8-14(7)17(13(5)6)10-16(9-15)12(3)4;1-2;/h9-13H,8H2,1-7H3;1H2;1H. The molecule has 1 rings (SSSR count). The summed E-state index contributed by atoms with van der Waals surface area (Å²) in [5.41, 5.74) is 6.17. The Morgan fingerprint density at radius 1 is 0.947 bits per heavy atom. The summed E-state index contributed by atoms with van der Waals surface area (Å²) in [6.45, 7) is 18.1. The van der Waals surface area contributed by atoms with Crippen LogP contribution in [0.25, 0.3) is 0 Å². The number of rotatable bonds is 3. The van der Waals surface area contributed by atoms with E-state index < -0.39 is 0 Å². The number of hydrogen-bond acceptors (Lipinski definition) is 1. The smallest absolute Gasteiger partial charge is 0.106 e. The van der Waals surface area contributed by atoms with Crippen LogP contribution in [0.2, 0.25) is 0 Å². The Morgan fingerprint density at radius 2 is 1.47 bits per heavy atom. The molecule has 0 bridgehead atoms. The molecule has 0 saturated heterocycles. The van der Waals surface area contributed by atoms with Crippen molar-refractivity contribution in [2.45, 2.75) is 54.9 Å². The van der Waals surface area contributed by atoms with Crippen molar-refractivity contribution in [1.29, 1.82) is 0 Å². The van der Waals surface area contributed by atoms with Gasteiger partial charge in [-0.05, 0) is 42.2 Å². The molecule has 0 atom stereocenters. The molecule has 1 aliphatic carbocycles. The summed E-state index contributed by atoms with van der Waals surface area (Å²) < 4.78 is 0. The molecule has 110 valence electrons. The fourth-order valence-corrected chi connectivity index (χ4v) is 2.38. The molecule has 0 heterocycles. The Balaban J connectivity index is 0. The van der Waals surface area contributed by atoms with E-state index in [1.165, 1.54) is 5.57 Å². The van der Waals surface area contributed by atoms with Crippen LogP contribution in [0.15, 0.2) is 34.4 Å². The fourth-order valence-electron chi connectivity index (χ4n) is 2.38. The molecule has 0 saturated carbocycles. The van der Waals surface area contributed by atoms with Gasteiger partial charge in [0.2, 0.25) is 0 Å². The third-order valence-electron chi connectivity index (χ3n) is 3.67. The maximum absolute atomic E-state index is 8.00. The second kappa shape index (κ2) is 8.14. The number of carbonyl (C=O) groups excluding carboxylic acids is 1. The SMILES string of the molecule is C=O.CC1=C(C(C)C)C=C(C(C)C)C=C(C(C)C)C1.[HH]. The maximum Gasteiger partial charge on any atom is 0.106 e. The van der Waals surface area contributed by atoms with Crippen LogP contribution < -0.4 is 0 Å². The van der Waals surface area contributed by atoms with Crippen molar-refractivity contribution in [3.63, 3.8) is 0 Å². The first-order valence-electron chi connectivity index (χ1n) is 7.23. The van der Waals surface area contributed by atoms with Crippen molar-refractivity contribution in [2.75, 3.05) is 0 Å². The highest BCUT2D eigenvalue weighted by Crippen LogP contribution is 2.32. The molecule has 0 aliphatic heterocycles. The van der Waals surface area contributed by atoms with E-state index >= 15 is 0 Å². The minimum absolute atomic E-state index is 0. The van der Waals surface area contributed by atoms with E-state index in [9.17, 15) is 0 Å². The van der Waals surface area contributed by atoms with Gasteiger partial charge in [0.25, 0.3) is 0 Å². The number of allylic oxidation sites excluding steroid dienone is 6. The van der Waals surface area contributed by atoms with Crippen molar-refractivity contribution in [2.24, 2.45) is 17.8 Å². The van der Waals surface area contributed by atoms with Gasteiger partial charge in [-0.2, -0.15) is 0 Å². The number of hydrogen-bond donors (Lipinski definition) is 0. The van der Waals surface area contributed by atoms with Gasteiger partial charge < -0.3 is 4.79 Å². The van der Waals surface area contributed by atoms with E-state index in [0.29, 0.717) is 17.8 Å². The zero-order valence-electron chi connectivity index (χ0n) is 13.7. The molecule has 0 aromatic carbocycles. The van der Waals surface area contributed by atoms with Crippen molar-refractivity contribution in [3.8, 4) is 0 Å². The van der Waals surface area contributed by atoms with E-state index in [-0.39, 0.29) is 1.43 Å². The summed E-state index contributed by atoms with van der Waals surface area (Å²) in [4.78, 5) is 8.00. The van der Waals surface area contributed by atoms with Gasteiger partial charge in [0, 0.05) is 1.43 Å². The van der Waals surface area contributed by atoms with Crippen molar-refractivity contribution < 1.29 is 6.22 Å². The topological polar surface area (TPSA) is 17.1 Å². The van der Waals surface area contributed by atoms with Gasteiger partial charge >= 0.3 is 0 Å². The zero-order chi connectivity index (χ0) is 15.2. The van der Waals surface area contributed by atoms with Crippen LogP contribution in [-0.4, -0.2) is 6.79 Å². The highest BCUT2D eigenvalue weighted by Gasteiger charge is 2.15. The van der Waals surface area contributed by atoms with Crippen LogP contribution in [0.5, 0.6) is 0 Å². The average molecular weight is 264 g/mol. The van der Waals surface area contributed by atoms with Gasteiger partial charge in [-0.1, -0.05) is 64.8 Å². The Hall–Kier alpha value is -1.11. The van der Waals surface area contributed by atoms with Crippen LogP contribution in [0.4, 0.5) is 0 Å². The Kier molecular flexibility index (Phi) is 7.66. The molecule has 1 nitrogen and oxygen atoms in total. The predicted octanol–water partition coefficient (Wildman–Crippen LogP) is 5.59. The largest absolute Gasteiger partial charge is 0.307 e. The molecule has 0 amide bonds. The third-order valence-corrected chi connectivity index (χ3v) is 3.67. The first-order valence-corrected chi connectivity index (χ1v) is 7.23. The Morgan fingerprint density at radius 3 is 1.84 bits per heavy atom. The van der Waals surface area contributed by atoms with Crippen LogP contribution in [0.3, 0.4) is 0 Å². The molecule has 19 heavy (non-hydrogen) atoms. The van der Waals surface area contributed by atoms with Gasteiger partial charge in [-0.25, -0.2) is 0 Å². The van der Waals surface area contributed by atoms with E-state index in [4.69, 9.17) is 4.79 Å². The lowest BCUT2D eigenvalue weighted by Gasteiger charge is -2.14. The Bertz CT molecular complexity index is 384. The third kappa shape index (κ3) is 5.18.